The van der Waals surface area contributed by atoms with Crippen LogP contribution in [0.4, 0.5) is 10.6 Å². The summed E-state index contributed by atoms with van der Waals surface area (Å²) in [4.78, 5) is 21.4. The van der Waals surface area contributed by atoms with Gasteiger partial charge in [0, 0.05) is 45.0 Å². The Balaban J connectivity index is 1.16. The molecule has 3 heterocycles. The Bertz CT molecular complexity index is 580. The second-order valence-electron chi connectivity index (χ2n) is 7.66. The average molecular weight is 343 g/mol. The van der Waals surface area contributed by atoms with Gasteiger partial charge >= 0.3 is 6.03 Å². The lowest BCUT2D eigenvalue weighted by Crippen LogP contribution is -2.38. The zero-order valence-electron chi connectivity index (χ0n) is 14.9. The molecule has 0 unspecified atom stereocenters. The quantitative estimate of drug-likeness (QED) is 0.829. The fraction of sp³-hybridized carbons (Fsp3) is 0.684. The van der Waals surface area contributed by atoms with E-state index in [1.807, 2.05) is 6.20 Å². The van der Waals surface area contributed by atoms with Crippen LogP contribution in [0.1, 0.15) is 37.7 Å². The minimum Gasteiger partial charge on any atom is -0.357 e. The van der Waals surface area contributed by atoms with Crippen molar-refractivity contribution in [2.45, 2.75) is 44.7 Å². The van der Waals surface area contributed by atoms with E-state index < -0.39 is 0 Å². The van der Waals surface area contributed by atoms with Gasteiger partial charge in [0.1, 0.15) is 5.82 Å². The van der Waals surface area contributed by atoms with E-state index in [0.29, 0.717) is 12.5 Å². The predicted molar refractivity (Wildman–Crippen MR) is 98.6 cm³/mol. The van der Waals surface area contributed by atoms with E-state index in [1.54, 1.807) is 0 Å². The summed E-state index contributed by atoms with van der Waals surface area (Å²) in [6.45, 7) is 5.86. The first-order valence-electron chi connectivity index (χ1n) is 9.73. The third-order valence-electron chi connectivity index (χ3n) is 5.62. The van der Waals surface area contributed by atoms with Crippen molar-refractivity contribution < 1.29 is 4.79 Å². The molecule has 1 aromatic heterocycles. The Labute approximate surface area is 150 Å². The highest BCUT2D eigenvalue weighted by Crippen LogP contribution is 2.31. The second-order valence-corrected chi connectivity index (χ2v) is 7.66. The van der Waals surface area contributed by atoms with Gasteiger partial charge < -0.3 is 20.4 Å². The molecule has 0 radical (unpaired) electrons. The number of urea groups is 1. The van der Waals surface area contributed by atoms with Crippen molar-refractivity contribution in [2.75, 3.05) is 37.6 Å². The highest BCUT2D eigenvalue weighted by Gasteiger charge is 2.34. The summed E-state index contributed by atoms with van der Waals surface area (Å²) in [5.74, 6) is 1.65. The van der Waals surface area contributed by atoms with Gasteiger partial charge in [0.05, 0.1) is 0 Å². The molecule has 1 atom stereocenters. The molecule has 136 valence electrons. The molecule has 0 bridgehead atoms. The molecular formula is C19H29N5O. The Morgan fingerprint density at radius 1 is 1.12 bits per heavy atom. The largest absolute Gasteiger partial charge is 0.357 e. The van der Waals surface area contributed by atoms with E-state index in [-0.39, 0.29) is 6.03 Å². The number of carbonyl (C=O) groups excluding carboxylic acids is 1. The summed E-state index contributed by atoms with van der Waals surface area (Å²) >= 11 is 0. The van der Waals surface area contributed by atoms with Crippen molar-refractivity contribution in [3.05, 3.63) is 23.9 Å². The maximum atomic E-state index is 12.0. The van der Waals surface area contributed by atoms with Crippen LogP contribution < -0.4 is 15.5 Å². The fourth-order valence-corrected chi connectivity index (χ4v) is 3.94. The summed E-state index contributed by atoms with van der Waals surface area (Å²) in [5.41, 5.74) is 1.04. The van der Waals surface area contributed by atoms with E-state index in [2.05, 4.69) is 37.6 Å². The molecule has 25 heavy (non-hydrogen) atoms. The van der Waals surface area contributed by atoms with Crippen LogP contribution in [0, 0.1) is 5.92 Å². The molecule has 1 aliphatic carbocycles. The maximum Gasteiger partial charge on any atom is 0.315 e. The third-order valence-corrected chi connectivity index (χ3v) is 5.62. The van der Waals surface area contributed by atoms with Crippen molar-refractivity contribution in [3.63, 3.8) is 0 Å². The normalized spacial score (nSPS) is 23.8. The molecule has 4 rings (SSSR count). The highest BCUT2D eigenvalue weighted by molar-refractivity contribution is 5.73. The van der Waals surface area contributed by atoms with Crippen molar-refractivity contribution in [2.24, 2.45) is 5.92 Å². The zero-order chi connectivity index (χ0) is 17.1. The van der Waals surface area contributed by atoms with Crippen LogP contribution in [0.15, 0.2) is 18.3 Å². The molecule has 2 amide bonds. The van der Waals surface area contributed by atoms with E-state index in [0.717, 1.165) is 43.6 Å². The monoisotopic (exact) mass is 343 g/mol. The first-order chi connectivity index (χ1) is 12.3. The smallest absolute Gasteiger partial charge is 0.315 e. The molecule has 0 spiro atoms. The number of hydrogen-bond donors (Lipinski definition) is 2. The number of aromatic nitrogens is 1. The number of nitrogens with one attached hydrogen (secondary N) is 2. The number of carbonyl (C=O) groups is 1. The molecule has 0 aromatic carbocycles. The van der Waals surface area contributed by atoms with Gasteiger partial charge in [-0.05, 0) is 56.2 Å². The molecule has 2 N–H and O–H groups in total. The number of hydrogen-bond acceptors (Lipinski definition) is 4. The Morgan fingerprint density at radius 3 is 2.68 bits per heavy atom. The number of rotatable bonds is 6. The second kappa shape index (κ2) is 7.60. The fourth-order valence-electron chi connectivity index (χ4n) is 3.94. The summed E-state index contributed by atoms with van der Waals surface area (Å²) < 4.78 is 0. The van der Waals surface area contributed by atoms with Gasteiger partial charge in [-0.15, -0.1) is 0 Å². The summed E-state index contributed by atoms with van der Waals surface area (Å²) in [5, 5.41) is 5.97. The minimum absolute atomic E-state index is 0.0755. The molecular weight excluding hydrogens is 314 g/mol. The van der Waals surface area contributed by atoms with Crippen molar-refractivity contribution in [1.82, 2.24) is 20.5 Å². The topological polar surface area (TPSA) is 60.5 Å². The van der Waals surface area contributed by atoms with Crippen molar-refractivity contribution in [1.29, 1.82) is 0 Å². The molecule has 3 fully saturated rings. The van der Waals surface area contributed by atoms with Gasteiger partial charge in [-0.3, -0.25) is 0 Å². The average Bonchev–Trinajstić information content (AvgIpc) is 3.15. The zero-order valence-corrected chi connectivity index (χ0v) is 14.9. The Kier molecular flexibility index (Phi) is 5.06. The van der Waals surface area contributed by atoms with Crippen LogP contribution in [-0.4, -0.2) is 54.7 Å². The first kappa shape index (κ1) is 16.6. The lowest BCUT2D eigenvalue weighted by Gasteiger charge is -2.16. The third kappa shape index (κ3) is 4.42. The lowest BCUT2D eigenvalue weighted by atomic mass is 10.1. The Morgan fingerprint density at radius 2 is 1.96 bits per heavy atom. The van der Waals surface area contributed by atoms with Crippen LogP contribution in [0.5, 0.6) is 0 Å². The molecule has 3 aliphatic rings. The highest BCUT2D eigenvalue weighted by atomic mass is 16.2. The van der Waals surface area contributed by atoms with Crippen LogP contribution in [-0.2, 0) is 6.54 Å². The van der Waals surface area contributed by atoms with Gasteiger partial charge in [0.15, 0.2) is 0 Å². The number of pyridine rings is 1. The number of likely N-dealkylation sites (tertiary alicyclic amines) is 1. The van der Waals surface area contributed by atoms with Crippen molar-refractivity contribution in [3.8, 4) is 0 Å². The SMILES string of the molecule is O=C(NCc1ccc(N2CCCC2)nc1)NC[C@@H]1CCN(C2CC2)C1. The number of amides is 2. The summed E-state index contributed by atoms with van der Waals surface area (Å²) in [7, 11) is 0. The van der Waals surface area contributed by atoms with E-state index >= 15 is 0 Å². The Hall–Kier alpha value is -1.82. The first-order valence-corrected chi connectivity index (χ1v) is 9.73. The molecule has 2 aliphatic heterocycles. The van der Waals surface area contributed by atoms with Crippen LogP contribution in [0.2, 0.25) is 0 Å². The van der Waals surface area contributed by atoms with Crippen molar-refractivity contribution >= 4 is 11.8 Å². The molecule has 1 aromatic rings. The molecule has 1 saturated carbocycles. The summed E-state index contributed by atoms with van der Waals surface area (Å²) in [6, 6.07) is 4.89. The lowest BCUT2D eigenvalue weighted by molar-refractivity contribution is 0.238. The van der Waals surface area contributed by atoms with Gasteiger partial charge in [-0.1, -0.05) is 6.07 Å². The van der Waals surface area contributed by atoms with E-state index in [1.165, 1.54) is 38.6 Å². The number of anilines is 1. The van der Waals surface area contributed by atoms with Gasteiger partial charge in [0.25, 0.3) is 0 Å². The van der Waals surface area contributed by atoms with E-state index in [4.69, 9.17) is 0 Å². The maximum absolute atomic E-state index is 12.0. The predicted octanol–water partition coefficient (Wildman–Crippen LogP) is 1.97. The minimum atomic E-state index is -0.0755. The van der Waals surface area contributed by atoms with Crippen LogP contribution >= 0.6 is 0 Å². The van der Waals surface area contributed by atoms with Gasteiger partial charge in [-0.2, -0.15) is 0 Å². The standard InChI is InChI=1S/C19H29N5O/c25-19(22-13-16-7-10-24(14-16)17-4-5-17)21-12-15-3-6-18(20-11-15)23-8-1-2-9-23/h3,6,11,16-17H,1-2,4-5,7-10,12-14H2,(H2,21,22,25)/t16-/m0/s1. The molecule has 2 saturated heterocycles. The van der Waals surface area contributed by atoms with Crippen LogP contribution in [0.25, 0.3) is 0 Å². The summed E-state index contributed by atoms with van der Waals surface area (Å²) in [6.07, 6.45) is 8.32. The molecule has 6 heteroatoms. The van der Waals surface area contributed by atoms with Gasteiger partial charge in [-0.25, -0.2) is 9.78 Å². The van der Waals surface area contributed by atoms with Gasteiger partial charge in [0.2, 0.25) is 0 Å². The van der Waals surface area contributed by atoms with E-state index in [9.17, 15) is 4.79 Å². The molecule has 6 nitrogen and oxygen atoms in total. The number of nitrogens with zero attached hydrogens (tertiary/aromatic N) is 3. The van der Waals surface area contributed by atoms with Crippen LogP contribution in [0.3, 0.4) is 0 Å².